The Morgan fingerprint density at radius 1 is 1.00 bits per heavy atom. The first-order valence-electron chi connectivity index (χ1n) is 9.05. The van der Waals surface area contributed by atoms with E-state index < -0.39 is 0 Å². The maximum atomic E-state index is 12.2. The maximum absolute atomic E-state index is 12.2. The van der Waals surface area contributed by atoms with Crippen LogP contribution in [0, 0.1) is 0 Å². The van der Waals surface area contributed by atoms with Crippen LogP contribution in [0.2, 0.25) is 0 Å². The summed E-state index contributed by atoms with van der Waals surface area (Å²) in [5.41, 5.74) is 3.70. The molecule has 0 aromatic carbocycles. The van der Waals surface area contributed by atoms with Gasteiger partial charge in [-0.3, -0.25) is 9.78 Å². The minimum atomic E-state index is -0.171. The van der Waals surface area contributed by atoms with E-state index in [2.05, 4.69) is 21.4 Å². The average Bonchev–Trinajstić information content (AvgIpc) is 3.61. The number of carbonyl (C=O) groups is 1. The molecule has 8 heteroatoms. The second-order valence-corrected chi connectivity index (χ2v) is 7.05. The fourth-order valence-electron chi connectivity index (χ4n) is 3.14. The zero-order valence-electron chi connectivity index (χ0n) is 15.1. The van der Waals surface area contributed by atoms with Gasteiger partial charge in [-0.1, -0.05) is 0 Å². The molecule has 0 bridgehead atoms. The molecule has 1 amide bonds. The number of aromatic nitrogens is 4. The van der Waals surface area contributed by atoms with Crippen LogP contribution in [0.25, 0.3) is 5.82 Å². The number of carbonyl (C=O) groups excluding carboxylic acids is 1. The molecule has 1 N–H and O–H groups in total. The van der Waals surface area contributed by atoms with E-state index in [0.29, 0.717) is 23.1 Å². The van der Waals surface area contributed by atoms with Gasteiger partial charge >= 0.3 is 0 Å². The Morgan fingerprint density at radius 2 is 1.71 bits per heavy atom. The van der Waals surface area contributed by atoms with E-state index >= 15 is 0 Å². The van der Waals surface area contributed by atoms with Crippen molar-refractivity contribution in [2.75, 3.05) is 5.32 Å². The number of pyridine rings is 2. The van der Waals surface area contributed by atoms with E-state index in [1.807, 2.05) is 16.8 Å². The van der Waals surface area contributed by atoms with E-state index in [0.717, 1.165) is 5.82 Å². The smallest absolute Gasteiger partial charge is 0.255 e. The van der Waals surface area contributed by atoms with Gasteiger partial charge in [-0.05, 0) is 56.0 Å². The number of halogens is 2. The lowest BCUT2D eigenvalue weighted by molar-refractivity contribution is 0.102. The van der Waals surface area contributed by atoms with Crippen LogP contribution in [0.15, 0.2) is 48.9 Å². The molecule has 2 aliphatic carbocycles. The third kappa shape index (κ3) is 4.18. The van der Waals surface area contributed by atoms with Gasteiger partial charge < -0.3 is 5.32 Å². The zero-order chi connectivity index (χ0) is 17.5. The Balaban J connectivity index is 0.00000112. The number of rotatable bonds is 5. The quantitative estimate of drug-likeness (QED) is 0.662. The fraction of sp³-hybridized carbons (Fsp3) is 0.300. The molecule has 0 radical (unpaired) electrons. The minimum Gasteiger partial charge on any atom is -0.321 e. The first-order valence-corrected chi connectivity index (χ1v) is 9.05. The van der Waals surface area contributed by atoms with Gasteiger partial charge in [0.15, 0.2) is 5.82 Å². The van der Waals surface area contributed by atoms with Crippen LogP contribution in [0.3, 0.4) is 0 Å². The second kappa shape index (κ2) is 8.29. The average molecular weight is 418 g/mol. The standard InChI is InChI=1S/C20H19N5O.2ClH/c26-20(15-7-9-21-10-8-15)23-16-5-6-19(22-12-16)25-18(14-3-4-14)11-17(24-25)13-1-2-13;;/h5-14H,1-4H2,(H,23,26);2*1H. The molecule has 3 aromatic rings. The number of nitrogens with one attached hydrogen (secondary N) is 1. The summed E-state index contributed by atoms with van der Waals surface area (Å²) in [6, 6.07) is 9.41. The van der Waals surface area contributed by atoms with Crippen LogP contribution in [-0.4, -0.2) is 25.7 Å². The van der Waals surface area contributed by atoms with E-state index in [4.69, 9.17) is 5.10 Å². The Labute approximate surface area is 175 Å². The highest BCUT2D eigenvalue weighted by molar-refractivity contribution is 6.04. The first-order chi connectivity index (χ1) is 12.8. The number of anilines is 1. The Kier molecular flexibility index (Phi) is 6.01. The summed E-state index contributed by atoms with van der Waals surface area (Å²) in [5, 5.41) is 7.66. The maximum Gasteiger partial charge on any atom is 0.255 e. The van der Waals surface area contributed by atoms with Crippen LogP contribution < -0.4 is 5.32 Å². The van der Waals surface area contributed by atoms with Gasteiger partial charge in [-0.25, -0.2) is 9.67 Å². The Bertz CT molecular complexity index is 950. The molecule has 0 aliphatic heterocycles. The second-order valence-electron chi connectivity index (χ2n) is 7.05. The molecule has 0 atom stereocenters. The lowest BCUT2D eigenvalue weighted by Gasteiger charge is -2.08. The zero-order valence-corrected chi connectivity index (χ0v) is 16.7. The van der Waals surface area contributed by atoms with E-state index in [-0.39, 0.29) is 30.7 Å². The number of hydrogen-bond acceptors (Lipinski definition) is 4. The number of hydrogen-bond donors (Lipinski definition) is 1. The van der Waals surface area contributed by atoms with E-state index in [1.165, 1.54) is 37.1 Å². The molecule has 2 fully saturated rings. The van der Waals surface area contributed by atoms with Crippen LogP contribution in [0.4, 0.5) is 5.69 Å². The van der Waals surface area contributed by atoms with E-state index in [1.54, 1.807) is 30.7 Å². The third-order valence-electron chi connectivity index (χ3n) is 4.91. The molecule has 146 valence electrons. The third-order valence-corrected chi connectivity index (χ3v) is 4.91. The summed E-state index contributed by atoms with van der Waals surface area (Å²) >= 11 is 0. The number of nitrogens with zero attached hydrogens (tertiary/aromatic N) is 4. The van der Waals surface area contributed by atoms with Crippen molar-refractivity contribution in [3.8, 4) is 5.82 Å². The van der Waals surface area contributed by atoms with Crippen LogP contribution >= 0.6 is 24.8 Å². The molecule has 5 rings (SSSR count). The molecule has 6 nitrogen and oxygen atoms in total. The summed E-state index contributed by atoms with van der Waals surface area (Å²) in [6.07, 6.45) is 9.84. The van der Waals surface area contributed by atoms with Crippen molar-refractivity contribution in [3.63, 3.8) is 0 Å². The molecule has 28 heavy (non-hydrogen) atoms. The summed E-state index contributed by atoms with van der Waals surface area (Å²) in [6.45, 7) is 0. The van der Waals surface area contributed by atoms with E-state index in [9.17, 15) is 4.79 Å². The van der Waals surface area contributed by atoms with Crippen molar-refractivity contribution < 1.29 is 4.79 Å². The van der Waals surface area contributed by atoms with Crippen LogP contribution in [0.5, 0.6) is 0 Å². The van der Waals surface area contributed by atoms with Crippen molar-refractivity contribution in [2.24, 2.45) is 0 Å². The highest BCUT2D eigenvalue weighted by Crippen LogP contribution is 2.45. The minimum absolute atomic E-state index is 0. The van der Waals surface area contributed by atoms with Crippen LogP contribution in [-0.2, 0) is 0 Å². The molecular weight excluding hydrogens is 397 g/mol. The molecule has 0 saturated heterocycles. The van der Waals surface area contributed by atoms with Gasteiger partial charge in [0.05, 0.1) is 17.6 Å². The largest absolute Gasteiger partial charge is 0.321 e. The SMILES string of the molecule is Cl.Cl.O=C(Nc1ccc(-n2nc(C3CC3)cc2C2CC2)nc1)c1ccncc1. The molecule has 0 unspecified atom stereocenters. The summed E-state index contributed by atoms with van der Waals surface area (Å²) < 4.78 is 1.99. The molecule has 2 saturated carbocycles. The summed E-state index contributed by atoms with van der Waals surface area (Å²) in [4.78, 5) is 20.7. The Morgan fingerprint density at radius 3 is 2.32 bits per heavy atom. The number of amides is 1. The summed E-state index contributed by atoms with van der Waals surface area (Å²) in [7, 11) is 0. The van der Waals surface area contributed by atoms with Crippen molar-refractivity contribution in [2.45, 2.75) is 37.5 Å². The van der Waals surface area contributed by atoms with Gasteiger partial charge in [-0.2, -0.15) is 5.10 Å². The van der Waals surface area contributed by atoms with Gasteiger partial charge in [-0.15, -0.1) is 24.8 Å². The van der Waals surface area contributed by atoms with Crippen LogP contribution in [0.1, 0.15) is 59.3 Å². The highest BCUT2D eigenvalue weighted by Gasteiger charge is 2.33. The van der Waals surface area contributed by atoms with Gasteiger partial charge in [0.25, 0.3) is 5.91 Å². The fourth-order valence-corrected chi connectivity index (χ4v) is 3.14. The molecule has 3 heterocycles. The summed E-state index contributed by atoms with van der Waals surface area (Å²) in [5.74, 6) is 1.88. The first kappa shape index (κ1) is 20.3. The highest BCUT2D eigenvalue weighted by atomic mass is 35.5. The van der Waals surface area contributed by atoms with Crippen molar-refractivity contribution in [1.82, 2.24) is 19.7 Å². The lowest BCUT2D eigenvalue weighted by Crippen LogP contribution is -2.12. The monoisotopic (exact) mass is 417 g/mol. The molecular formula is C20H21Cl2N5O. The Hall–Kier alpha value is -2.44. The van der Waals surface area contributed by atoms with Crippen molar-refractivity contribution in [3.05, 3.63) is 65.9 Å². The molecule has 2 aliphatic rings. The normalized spacial score (nSPS) is 15.3. The lowest BCUT2D eigenvalue weighted by atomic mass is 10.2. The van der Waals surface area contributed by atoms with Gasteiger partial charge in [0, 0.05) is 35.5 Å². The molecule has 0 spiro atoms. The van der Waals surface area contributed by atoms with Gasteiger partial charge in [0.1, 0.15) is 0 Å². The predicted molar refractivity (Wildman–Crippen MR) is 112 cm³/mol. The topological polar surface area (TPSA) is 72.7 Å². The van der Waals surface area contributed by atoms with Crippen molar-refractivity contribution in [1.29, 1.82) is 0 Å². The van der Waals surface area contributed by atoms with Gasteiger partial charge in [0.2, 0.25) is 0 Å². The predicted octanol–water partition coefficient (Wildman–Crippen LogP) is 4.51. The molecule has 3 aromatic heterocycles. The van der Waals surface area contributed by atoms with Crippen molar-refractivity contribution >= 4 is 36.4 Å².